The summed E-state index contributed by atoms with van der Waals surface area (Å²) in [5, 5.41) is 5.61. The molecule has 0 heterocycles. The van der Waals surface area contributed by atoms with Crippen molar-refractivity contribution < 1.29 is 18.0 Å². The van der Waals surface area contributed by atoms with Crippen molar-refractivity contribution in [3.05, 3.63) is 65.2 Å². The Morgan fingerprint density at radius 1 is 1.08 bits per heavy atom. The summed E-state index contributed by atoms with van der Waals surface area (Å²) < 4.78 is 37.8. The third kappa shape index (κ3) is 5.61. The molecule has 3 nitrogen and oxygen atoms in total. The summed E-state index contributed by atoms with van der Waals surface area (Å²) in [6.45, 7) is 2.69. The second-order valence-electron chi connectivity index (χ2n) is 5.52. The van der Waals surface area contributed by atoms with Gasteiger partial charge in [0.1, 0.15) is 0 Å². The van der Waals surface area contributed by atoms with E-state index in [9.17, 15) is 18.0 Å². The number of anilines is 1. The third-order valence-corrected chi connectivity index (χ3v) is 3.48. The van der Waals surface area contributed by atoms with Gasteiger partial charge in [0.05, 0.1) is 5.56 Å². The van der Waals surface area contributed by atoms with Gasteiger partial charge in [-0.3, -0.25) is 4.79 Å². The van der Waals surface area contributed by atoms with Gasteiger partial charge in [-0.1, -0.05) is 35.9 Å². The highest BCUT2D eigenvalue weighted by atomic mass is 19.4. The van der Waals surface area contributed by atoms with Gasteiger partial charge in [0.15, 0.2) is 0 Å². The Morgan fingerprint density at radius 2 is 1.79 bits per heavy atom. The SMILES string of the molecule is Cc1ccc(CNC(=O)CCNc2cccc(C(F)(F)F)c2)cc1. The number of amides is 1. The highest BCUT2D eigenvalue weighted by Crippen LogP contribution is 2.30. The summed E-state index contributed by atoms with van der Waals surface area (Å²) >= 11 is 0. The van der Waals surface area contributed by atoms with Crippen molar-refractivity contribution in [1.82, 2.24) is 5.32 Å². The molecule has 0 atom stereocenters. The minimum absolute atomic E-state index is 0.157. The van der Waals surface area contributed by atoms with Gasteiger partial charge in [0.2, 0.25) is 5.91 Å². The van der Waals surface area contributed by atoms with Crippen LogP contribution < -0.4 is 10.6 Å². The molecule has 128 valence electrons. The molecule has 0 saturated heterocycles. The Hall–Kier alpha value is -2.50. The van der Waals surface area contributed by atoms with Crippen molar-refractivity contribution in [2.45, 2.75) is 26.1 Å². The average Bonchev–Trinajstić information content (AvgIpc) is 2.54. The van der Waals surface area contributed by atoms with Crippen LogP contribution in [0.3, 0.4) is 0 Å². The van der Waals surface area contributed by atoms with E-state index in [0.717, 1.165) is 23.3 Å². The molecule has 1 amide bonds. The molecule has 0 aliphatic carbocycles. The summed E-state index contributed by atoms with van der Waals surface area (Å²) in [6, 6.07) is 12.7. The lowest BCUT2D eigenvalue weighted by Gasteiger charge is -2.11. The normalized spacial score (nSPS) is 11.2. The second-order valence-corrected chi connectivity index (χ2v) is 5.52. The van der Waals surface area contributed by atoms with E-state index in [-0.39, 0.29) is 18.9 Å². The van der Waals surface area contributed by atoms with Crippen molar-refractivity contribution in [2.75, 3.05) is 11.9 Å². The van der Waals surface area contributed by atoms with Crippen molar-refractivity contribution >= 4 is 11.6 Å². The smallest absolute Gasteiger partial charge is 0.385 e. The predicted molar refractivity (Wildman–Crippen MR) is 87.6 cm³/mol. The predicted octanol–water partition coefficient (Wildman–Crippen LogP) is 4.13. The zero-order valence-electron chi connectivity index (χ0n) is 13.3. The van der Waals surface area contributed by atoms with Crippen LogP contribution in [0.2, 0.25) is 0 Å². The van der Waals surface area contributed by atoms with E-state index in [1.54, 1.807) is 6.07 Å². The van der Waals surface area contributed by atoms with Crippen LogP contribution in [0.4, 0.5) is 18.9 Å². The van der Waals surface area contributed by atoms with Crippen LogP contribution in [0, 0.1) is 6.92 Å². The number of hydrogen-bond acceptors (Lipinski definition) is 2. The van der Waals surface area contributed by atoms with E-state index in [1.807, 2.05) is 31.2 Å². The van der Waals surface area contributed by atoms with Gasteiger partial charge in [-0.2, -0.15) is 13.2 Å². The lowest BCUT2D eigenvalue weighted by Crippen LogP contribution is -2.24. The maximum Gasteiger partial charge on any atom is 0.416 e. The Balaban J connectivity index is 1.75. The quantitative estimate of drug-likeness (QED) is 0.833. The number of carbonyl (C=O) groups is 1. The Morgan fingerprint density at radius 3 is 2.46 bits per heavy atom. The van der Waals surface area contributed by atoms with Crippen molar-refractivity contribution in [3.63, 3.8) is 0 Å². The number of nitrogens with one attached hydrogen (secondary N) is 2. The molecule has 0 aromatic heterocycles. The first-order chi connectivity index (χ1) is 11.3. The van der Waals surface area contributed by atoms with Crippen LogP contribution in [-0.2, 0) is 17.5 Å². The molecular formula is C18H19F3N2O. The number of carbonyl (C=O) groups excluding carboxylic acids is 1. The molecule has 2 aromatic rings. The summed E-state index contributed by atoms with van der Waals surface area (Å²) in [5.74, 6) is -0.157. The van der Waals surface area contributed by atoms with Gasteiger partial charge < -0.3 is 10.6 Å². The van der Waals surface area contributed by atoms with Gasteiger partial charge in [-0.15, -0.1) is 0 Å². The van der Waals surface area contributed by atoms with Crippen LogP contribution in [0.5, 0.6) is 0 Å². The lowest BCUT2D eigenvalue weighted by atomic mass is 10.1. The average molecular weight is 336 g/mol. The van der Waals surface area contributed by atoms with Gasteiger partial charge in [-0.25, -0.2) is 0 Å². The van der Waals surface area contributed by atoms with Gasteiger partial charge in [0.25, 0.3) is 0 Å². The molecule has 0 aliphatic heterocycles. The van der Waals surface area contributed by atoms with Crippen LogP contribution in [0.1, 0.15) is 23.1 Å². The topological polar surface area (TPSA) is 41.1 Å². The standard InChI is InChI=1S/C18H19F3N2O/c1-13-5-7-14(8-6-13)12-23-17(24)9-10-22-16-4-2-3-15(11-16)18(19,20)21/h2-8,11,22H,9-10,12H2,1H3,(H,23,24). The van der Waals surface area contributed by atoms with Crippen LogP contribution in [0.25, 0.3) is 0 Å². The molecule has 2 N–H and O–H groups in total. The fourth-order valence-corrected chi connectivity index (χ4v) is 2.12. The third-order valence-electron chi connectivity index (χ3n) is 3.48. The van der Waals surface area contributed by atoms with Gasteiger partial charge in [0, 0.05) is 25.2 Å². The van der Waals surface area contributed by atoms with E-state index in [4.69, 9.17) is 0 Å². The molecule has 0 saturated carbocycles. The lowest BCUT2D eigenvalue weighted by molar-refractivity contribution is -0.137. The summed E-state index contributed by atoms with van der Waals surface area (Å²) in [7, 11) is 0. The maximum absolute atomic E-state index is 12.6. The Kier molecular flexibility index (Phi) is 5.84. The molecule has 2 rings (SSSR count). The number of halogens is 3. The van der Waals surface area contributed by atoms with Gasteiger partial charge >= 0.3 is 6.18 Å². The first kappa shape index (κ1) is 17.8. The largest absolute Gasteiger partial charge is 0.416 e. The molecule has 0 bridgehead atoms. The molecule has 0 spiro atoms. The van der Waals surface area contributed by atoms with Crippen molar-refractivity contribution in [1.29, 1.82) is 0 Å². The van der Waals surface area contributed by atoms with E-state index < -0.39 is 11.7 Å². The minimum atomic E-state index is -4.37. The molecule has 0 radical (unpaired) electrons. The summed E-state index contributed by atoms with van der Waals surface area (Å²) in [6.07, 6.45) is -4.19. The van der Waals surface area contributed by atoms with Crippen molar-refractivity contribution in [2.24, 2.45) is 0 Å². The zero-order chi connectivity index (χ0) is 17.6. The van der Waals surface area contributed by atoms with E-state index in [2.05, 4.69) is 10.6 Å². The first-order valence-corrected chi connectivity index (χ1v) is 7.58. The maximum atomic E-state index is 12.6. The number of rotatable bonds is 6. The van der Waals surface area contributed by atoms with E-state index in [1.165, 1.54) is 6.07 Å². The van der Waals surface area contributed by atoms with Crippen LogP contribution in [0.15, 0.2) is 48.5 Å². The van der Waals surface area contributed by atoms with Crippen LogP contribution in [-0.4, -0.2) is 12.5 Å². The molecule has 2 aromatic carbocycles. The molecular weight excluding hydrogens is 317 g/mol. The van der Waals surface area contributed by atoms with E-state index in [0.29, 0.717) is 12.2 Å². The molecule has 24 heavy (non-hydrogen) atoms. The number of aryl methyl sites for hydroxylation is 1. The summed E-state index contributed by atoms with van der Waals surface area (Å²) in [5.41, 5.74) is 1.78. The fraction of sp³-hybridized carbons (Fsp3) is 0.278. The molecule has 6 heteroatoms. The number of alkyl halides is 3. The minimum Gasteiger partial charge on any atom is -0.385 e. The van der Waals surface area contributed by atoms with Gasteiger partial charge in [-0.05, 0) is 30.7 Å². The molecule has 0 fully saturated rings. The number of hydrogen-bond donors (Lipinski definition) is 2. The monoisotopic (exact) mass is 336 g/mol. The summed E-state index contributed by atoms with van der Waals surface area (Å²) in [4.78, 5) is 11.8. The molecule has 0 unspecified atom stereocenters. The second kappa shape index (κ2) is 7.86. The van der Waals surface area contributed by atoms with E-state index >= 15 is 0 Å². The Bertz CT molecular complexity index is 681. The highest BCUT2D eigenvalue weighted by Gasteiger charge is 2.30. The molecule has 0 aliphatic rings. The highest BCUT2D eigenvalue weighted by molar-refractivity contribution is 5.76. The van der Waals surface area contributed by atoms with Crippen molar-refractivity contribution in [3.8, 4) is 0 Å². The number of benzene rings is 2. The first-order valence-electron chi connectivity index (χ1n) is 7.58. The fourth-order valence-electron chi connectivity index (χ4n) is 2.12. The Labute approximate surface area is 138 Å². The van der Waals surface area contributed by atoms with Crippen LogP contribution >= 0.6 is 0 Å². The zero-order valence-corrected chi connectivity index (χ0v) is 13.3.